The zero-order valence-electron chi connectivity index (χ0n) is 14.2. The van der Waals surface area contributed by atoms with Crippen molar-refractivity contribution in [2.75, 3.05) is 13.2 Å². The molecule has 0 aliphatic heterocycles. The molecule has 8 heteroatoms. The summed E-state index contributed by atoms with van der Waals surface area (Å²) in [6, 6.07) is 7.54. The lowest BCUT2D eigenvalue weighted by Gasteiger charge is -2.11. The van der Waals surface area contributed by atoms with Gasteiger partial charge in [-0.25, -0.2) is 0 Å². The van der Waals surface area contributed by atoms with E-state index in [4.69, 9.17) is 4.74 Å². The molecule has 0 unspecified atom stereocenters. The number of alkyl halides is 3. The van der Waals surface area contributed by atoms with Crippen LogP contribution in [0.3, 0.4) is 0 Å². The van der Waals surface area contributed by atoms with Gasteiger partial charge in [0.2, 0.25) is 0 Å². The Balaban J connectivity index is 1.87. The van der Waals surface area contributed by atoms with Crippen molar-refractivity contribution in [3.63, 3.8) is 0 Å². The van der Waals surface area contributed by atoms with Gasteiger partial charge in [0.25, 0.3) is 5.91 Å². The SMILES string of the molecule is CC(C)c1ccc(OCCNC(=O)c2cnn(C)c2C(F)(F)F)cc1. The molecule has 1 N–H and O–H groups in total. The number of halogens is 3. The van der Waals surface area contributed by atoms with Crippen LogP contribution in [0.1, 0.15) is 41.4 Å². The molecule has 5 nitrogen and oxygen atoms in total. The summed E-state index contributed by atoms with van der Waals surface area (Å²) >= 11 is 0. The zero-order valence-corrected chi connectivity index (χ0v) is 14.2. The first-order chi connectivity index (χ1) is 11.7. The first-order valence-electron chi connectivity index (χ1n) is 7.80. The number of ether oxygens (including phenoxy) is 1. The van der Waals surface area contributed by atoms with Crippen LogP contribution in [0.4, 0.5) is 13.2 Å². The Morgan fingerprint density at radius 1 is 1.28 bits per heavy atom. The molecular formula is C17H20F3N3O2. The van der Waals surface area contributed by atoms with Gasteiger partial charge in [-0.15, -0.1) is 0 Å². The van der Waals surface area contributed by atoms with Crippen molar-refractivity contribution in [1.82, 2.24) is 15.1 Å². The second kappa shape index (κ2) is 7.58. The van der Waals surface area contributed by atoms with Crippen LogP contribution in [0.5, 0.6) is 5.75 Å². The molecular weight excluding hydrogens is 335 g/mol. The lowest BCUT2D eigenvalue weighted by Crippen LogP contribution is -2.30. The number of rotatable bonds is 6. The van der Waals surface area contributed by atoms with E-state index in [-0.39, 0.29) is 13.2 Å². The topological polar surface area (TPSA) is 56.1 Å². The van der Waals surface area contributed by atoms with E-state index in [1.807, 2.05) is 24.3 Å². The molecule has 0 bridgehead atoms. The van der Waals surface area contributed by atoms with Crippen molar-refractivity contribution in [3.8, 4) is 5.75 Å². The smallest absolute Gasteiger partial charge is 0.433 e. The third-order valence-electron chi connectivity index (χ3n) is 3.66. The third-order valence-corrected chi connectivity index (χ3v) is 3.66. The minimum Gasteiger partial charge on any atom is -0.492 e. The fraction of sp³-hybridized carbons (Fsp3) is 0.412. The van der Waals surface area contributed by atoms with E-state index in [0.717, 1.165) is 13.2 Å². The van der Waals surface area contributed by atoms with Crippen LogP contribution in [0.25, 0.3) is 0 Å². The summed E-state index contributed by atoms with van der Waals surface area (Å²) in [5.41, 5.74) is -0.400. The second-order valence-corrected chi connectivity index (χ2v) is 5.86. The van der Waals surface area contributed by atoms with E-state index in [1.54, 1.807) is 0 Å². The van der Waals surface area contributed by atoms with Crippen molar-refractivity contribution < 1.29 is 22.7 Å². The first-order valence-corrected chi connectivity index (χ1v) is 7.80. The molecule has 0 saturated heterocycles. The van der Waals surface area contributed by atoms with E-state index in [2.05, 4.69) is 24.3 Å². The highest BCUT2D eigenvalue weighted by molar-refractivity contribution is 5.95. The number of benzene rings is 1. The van der Waals surface area contributed by atoms with Gasteiger partial charge in [0.15, 0.2) is 5.69 Å². The molecule has 0 aliphatic rings. The normalized spacial score (nSPS) is 11.6. The summed E-state index contributed by atoms with van der Waals surface area (Å²) < 4.78 is 44.9. The van der Waals surface area contributed by atoms with Crippen LogP contribution in [0.2, 0.25) is 0 Å². The summed E-state index contributed by atoms with van der Waals surface area (Å²) in [6.07, 6.45) is -3.74. The zero-order chi connectivity index (χ0) is 18.6. The predicted molar refractivity (Wildman–Crippen MR) is 86.6 cm³/mol. The highest BCUT2D eigenvalue weighted by Gasteiger charge is 2.39. The molecule has 1 aromatic heterocycles. The molecule has 2 aromatic rings. The highest BCUT2D eigenvalue weighted by atomic mass is 19.4. The summed E-state index contributed by atoms with van der Waals surface area (Å²) in [7, 11) is 1.14. The van der Waals surface area contributed by atoms with Crippen LogP contribution in [-0.2, 0) is 13.2 Å². The number of aromatic nitrogens is 2. The van der Waals surface area contributed by atoms with Crippen molar-refractivity contribution in [2.24, 2.45) is 7.05 Å². The summed E-state index contributed by atoms with van der Waals surface area (Å²) in [5.74, 6) is 0.214. The number of hydrogen-bond donors (Lipinski definition) is 1. The van der Waals surface area contributed by atoms with Crippen molar-refractivity contribution >= 4 is 5.91 Å². The van der Waals surface area contributed by atoms with E-state index in [0.29, 0.717) is 16.3 Å². The van der Waals surface area contributed by atoms with Gasteiger partial charge in [0.1, 0.15) is 12.4 Å². The van der Waals surface area contributed by atoms with Gasteiger partial charge < -0.3 is 10.1 Å². The number of carbonyl (C=O) groups excluding carboxylic acids is 1. The molecule has 1 heterocycles. The van der Waals surface area contributed by atoms with Crippen molar-refractivity contribution in [1.29, 1.82) is 0 Å². The number of nitrogens with zero attached hydrogens (tertiary/aromatic N) is 2. The minimum absolute atomic E-state index is 0.0803. The Labute approximate surface area is 143 Å². The van der Waals surface area contributed by atoms with Gasteiger partial charge in [-0.05, 0) is 23.6 Å². The van der Waals surface area contributed by atoms with Crippen molar-refractivity contribution in [3.05, 3.63) is 47.3 Å². The highest BCUT2D eigenvalue weighted by Crippen LogP contribution is 2.31. The van der Waals surface area contributed by atoms with E-state index in [9.17, 15) is 18.0 Å². The largest absolute Gasteiger partial charge is 0.492 e. The van der Waals surface area contributed by atoms with Crippen LogP contribution in [0, 0.1) is 0 Å². The predicted octanol–water partition coefficient (Wildman–Crippen LogP) is 3.37. The average Bonchev–Trinajstić information content (AvgIpc) is 2.94. The quantitative estimate of drug-likeness (QED) is 0.809. The van der Waals surface area contributed by atoms with Crippen molar-refractivity contribution in [2.45, 2.75) is 25.9 Å². The molecule has 25 heavy (non-hydrogen) atoms. The first kappa shape index (κ1) is 18.8. The summed E-state index contributed by atoms with van der Waals surface area (Å²) in [4.78, 5) is 11.9. The Hall–Kier alpha value is -2.51. The Kier molecular flexibility index (Phi) is 5.71. The molecule has 0 fully saturated rings. The second-order valence-electron chi connectivity index (χ2n) is 5.86. The Morgan fingerprint density at radius 2 is 1.92 bits per heavy atom. The molecule has 136 valence electrons. The van der Waals surface area contributed by atoms with Crippen LogP contribution >= 0.6 is 0 Å². The van der Waals surface area contributed by atoms with E-state index < -0.39 is 23.3 Å². The molecule has 0 aliphatic carbocycles. The Morgan fingerprint density at radius 3 is 2.48 bits per heavy atom. The van der Waals surface area contributed by atoms with Gasteiger partial charge in [0.05, 0.1) is 18.3 Å². The fourth-order valence-corrected chi connectivity index (χ4v) is 2.32. The fourth-order valence-electron chi connectivity index (χ4n) is 2.32. The molecule has 0 atom stereocenters. The minimum atomic E-state index is -4.65. The molecule has 0 saturated carbocycles. The van der Waals surface area contributed by atoms with Gasteiger partial charge >= 0.3 is 6.18 Å². The monoisotopic (exact) mass is 355 g/mol. The maximum Gasteiger partial charge on any atom is 0.433 e. The number of amides is 1. The molecule has 1 amide bonds. The molecule has 2 rings (SSSR count). The van der Waals surface area contributed by atoms with E-state index in [1.165, 1.54) is 5.56 Å². The number of hydrogen-bond acceptors (Lipinski definition) is 3. The lowest BCUT2D eigenvalue weighted by atomic mass is 10.0. The van der Waals surface area contributed by atoms with Gasteiger partial charge in [-0.3, -0.25) is 9.48 Å². The maximum absolute atomic E-state index is 12.9. The maximum atomic E-state index is 12.9. The molecule has 0 spiro atoms. The van der Waals surface area contributed by atoms with Gasteiger partial charge in [0, 0.05) is 7.05 Å². The summed E-state index contributed by atoms with van der Waals surface area (Å²) in [5, 5.41) is 5.91. The lowest BCUT2D eigenvalue weighted by molar-refractivity contribution is -0.144. The van der Waals surface area contributed by atoms with Crippen LogP contribution in [-0.4, -0.2) is 28.8 Å². The number of carbonyl (C=O) groups is 1. The summed E-state index contributed by atoms with van der Waals surface area (Å²) in [6.45, 7) is 4.39. The standard InChI is InChI=1S/C17H20F3N3O2/c1-11(2)12-4-6-13(7-5-12)25-9-8-21-16(24)14-10-22-23(3)15(14)17(18,19)20/h4-7,10-11H,8-9H2,1-3H3,(H,21,24). The van der Waals surface area contributed by atoms with Gasteiger partial charge in [-0.2, -0.15) is 18.3 Å². The van der Waals surface area contributed by atoms with Crippen LogP contribution in [0.15, 0.2) is 30.5 Å². The molecule has 0 radical (unpaired) electrons. The number of nitrogens with one attached hydrogen (secondary N) is 1. The molecule has 1 aromatic carbocycles. The Bertz CT molecular complexity index is 722. The average molecular weight is 355 g/mol. The van der Waals surface area contributed by atoms with Crippen LogP contribution < -0.4 is 10.1 Å². The third kappa shape index (κ3) is 4.74. The number of aryl methyl sites for hydroxylation is 1. The van der Waals surface area contributed by atoms with E-state index >= 15 is 0 Å². The van der Waals surface area contributed by atoms with Gasteiger partial charge in [-0.1, -0.05) is 26.0 Å².